The van der Waals surface area contributed by atoms with Crippen molar-refractivity contribution in [3.8, 4) is 0 Å². The second-order valence-corrected chi connectivity index (χ2v) is 9.77. The van der Waals surface area contributed by atoms with E-state index in [1.807, 2.05) is 24.3 Å². The molecule has 1 aromatic carbocycles. The van der Waals surface area contributed by atoms with E-state index in [2.05, 4.69) is 31.1 Å². The van der Waals surface area contributed by atoms with Crippen molar-refractivity contribution < 1.29 is 13.2 Å². The van der Waals surface area contributed by atoms with Crippen LogP contribution in [0.15, 0.2) is 28.7 Å². The number of amides is 1. The zero-order valence-electron chi connectivity index (χ0n) is 13.7. The Hall–Kier alpha value is -1.38. The lowest BCUT2D eigenvalue weighted by Gasteiger charge is -2.28. The lowest BCUT2D eigenvalue weighted by molar-refractivity contribution is 0.0913. The fraction of sp³-hybridized carbons (Fsp3) is 0.471. The van der Waals surface area contributed by atoms with Crippen molar-refractivity contribution in [1.82, 2.24) is 15.2 Å². The molecule has 2 atom stereocenters. The Kier molecular flexibility index (Phi) is 4.37. The standard InChI is InChI=1S/C17H20BrN3O3S/c18-15-11-5-1-2-6-12(11)19-16(15)17(22)20-13-9-25(23,24)10-14(13)21-7-3-4-8-21/h1-2,5-6,13-14,19H,3-4,7-10H2,(H,20,22). The first-order valence-electron chi connectivity index (χ1n) is 8.46. The van der Waals surface area contributed by atoms with Crippen LogP contribution in [-0.4, -0.2) is 60.9 Å². The number of aromatic amines is 1. The minimum Gasteiger partial charge on any atom is -0.350 e. The summed E-state index contributed by atoms with van der Waals surface area (Å²) in [6, 6.07) is 7.16. The van der Waals surface area contributed by atoms with Gasteiger partial charge in [-0.05, 0) is 47.9 Å². The number of para-hydroxylation sites is 1. The summed E-state index contributed by atoms with van der Waals surface area (Å²) < 4.78 is 25.0. The Balaban J connectivity index is 1.58. The molecule has 1 aromatic heterocycles. The summed E-state index contributed by atoms with van der Waals surface area (Å²) in [7, 11) is -3.12. The van der Waals surface area contributed by atoms with Crippen molar-refractivity contribution >= 4 is 42.6 Å². The Labute approximate surface area is 155 Å². The molecule has 0 bridgehead atoms. The molecule has 134 valence electrons. The molecular formula is C17H20BrN3O3S. The van der Waals surface area contributed by atoms with Gasteiger partial charge in [0.25, 0.3) is 5.91 Å². The van der Waals surface area contributed by atoms with Crippen LogP contribution in [0.4, 0.5) is 0 Å². The van der Waals surface area contributed by atoms with Gasteiger partial charge in [-0.1, -0.05) is 18.2 Å². The van der Waals surface area contributed by atoms with Crippen molar-refractivity contribution in [1.29, 1.82) is 0 Å². The van der Waals surface area contributed by atoms with Gasteiger partial charge < -0.3 is 10.3 Å². The summed E-state index contributed by atoms with van der Waals surface area (Å²) in [6.07, 6.45) is 2.18. The highest BCUT2D eigenvalue weighted by Gasteiger charge is 2.42. The van der Waals surface area contributed by atoms with E-state index < -0.39 is 9.84 Å². The van der Waals surface area contributed by atoms with Gasteiger partial charge in [-0.2, -0.15) is 0 Å². The Bertz CT molecular complexity index is 918. The predicted octanol–water partition coefficient (Wildman–Crippen LogP) is 1.92. The van der Waals surface area contributed by atoms with E-state index in [1.165, 1.54) is 0 Å². The lowest BCUT2D eigenvalue weighted by Crippen LogP contribution is -2.50. The SMILES string of the molecule is O=C(NC1CS(=O)(=O)CC1N1CCCC1)c1[nH]c2ccccc2c1Br. The van der Waals surface area contributed by atoms with Gasteiger partial charge >= 0.3 is 0 Å². The zero-order chi connectivity index (χ0) is 17.6. The van der Waals surface area contributed by atoms with Crippen LogP contribution in [0.25, 0.3) is 10.9 Å². The number of benzene rings is 1. The molecule has 6 nitrogen and oxygen atoms in total. The molecule has 4 rings (SSSR count). The zero-order valence-corrected chi connectivity index (χ0v) is 16.1. The number of hydrogen-bond donors (Lipinski definition) is 2. The number of nitrogens with one attached hydrogen (secondary N) is 2. The van der Waals surface area contributed by atoms with Crippen LogP contribution >= 0.6 is 15.9 Å². The van der Waals surface area contributed by atoms with Crippen molar-refractivity contribution in [3.63, 3.8) is 0 Å². The number of likely N-dealkylation sites (tertiary alicyclic amines) is 1. The number of fused-ring (bicyclic) bond motifs is 1. The van der Waals surface area contributed by atoms with Crippen molar-refractivity contribution in [2.75, 3.05) is 24.6 Å². The van der Waals surface area contributed by atoms with Gasteiger partial charge in [0.1, 0.15) is 5.69 Å². The third-order valence-electron chi connectivity index (χ3n) is 5.12. The van der Waals surface area contributed by atoms with Crippen LogP contribution in [-0.2, 0) is 9.84 Å². The first kappa shape index (κ1) is 17.1. The van der Waals surface area contributed by atoms with Gasteiger partial charge in [0.15, 0.2) is 9.84 Å². The average Bonchev–Trinajstić information content (AvgIpc) is 3.26. The highest BCUT2D eigenvalue weighted by molar-refractivity contribution is 9.10. The lowest BCUT2D eigenvalue weighted by atomic mass is 10.1. The first-order chi connectivity index (χ1) is 11.9. The number of aromatic nitrogens is 1. The molecule has 2 unspecified atom stereocenters. The molecule has 2 saturated heterocycles. The normalized spacial score (nSPS) is 26.3. The molecule has 0 saturated carbocycles. The maximum absolute atomic E-state index is 12.8. The summed E-state index contributed by atoms with van der Waals surface area (Å²) in [5, 5.41) is 3.89. The molecule has 25 heavy (non-hydrogen) atoms. The van der Waals surface area contributed by atoms with Crippen molar-refractivity contribution in [2.24, 2.45) is 0 Å². The van der Waals surface area contributed by atoms with Crippen LogP contribution < -0.4 is 5.32 Å². The smallest absolute Gasteiger partial charge is 0.269 e. The molecule has 2 aromatic rings. The van der Waals surface area contributed by atoms with Gasteiger partial charge in [0.05, 0.1) is 22.0 Å². The van der Waals surface area contributed by atoms with Gasteiger partial charge in [0.2, 0.25) is 0 Å². The number of rotatable bonds is 3. The minimum atomic E-state index is -3.12. The molecule has 8 heteroatoms. The van der Waals surface area contributed by atoms with E-state index >= 15 is 0 Å². The number of sulfone groups is 1. The predicted molar refractivity (Wildman–Crippen MR) is 101 cm³/mol. The number of halogens is 1. The van der Waals surface area contributed by atoms with Crippen LogP contribution in [0.2, 0.25) is 0 Å². The maximum Gasteiger partial charge on any atom is 0.269 e. The number of nitrogens with zero attached hydrogens (tertiary/aromatic N) is 1. The maximum atomic E-state index is 12.8. The van der Waals surface area contributed by atoms with E-state index in [-0.39, 0.29) is 29.5 Å². The number of hydrogen-bond acceptors (Lipinski definition) is 4. The average molecular weight is 426 g/mol. The van der Waals surface area contributed by atoms with Crippen LogP contribution in [0.3, 0.4) is 0 Å². The van der Waals surface area contributed by atoms with E-state index in [9.17, 15) is 13.2 Å². The van der Waals surface area contributed by atoms with Gasteiger partial charge in [-0.25, -0.2) is 8.42 Å². The minimum absolute atomic E-state index is 0.0117. The van der Waals surface area contributed by atoms with Crippen molar-refractivity contribution in [3.05, 3.63) is 34.4 Å². The Morgan fingerprint density at radius 3 is 2.64 bits per heavy atom. The molecule has 2 aliphatic heterocycles. The van der Waals surface area contributed by atoms with E-state index in [0.717, 1.165) is 36.8 Å². The van der Waals surface area contributed by atoms with Gasteiger partial charge in [0, 0.05) is 16.9 Å². The van der Waals surface area contributed by atoms with Crippen LogP contribution in [0.5, 0.6) is 0 Å². The molecule has 3 heterocycles. The summed E-state index contributed by atoms with van der Waals surface area (Å²) in [5.41, 5.74) is 1.31. The topological polar surface area (TPSA) is 82.3 Å². The fourth-order valence-corrected chi connectivity index (χ4v) is 6.48. The summed E-state index contributed by atoms with van der Waals surface area (Å²) in [6.45, 7) is 1.81. The van der Waals surface area contributed by atoms with E-state index in [1.54, 1.807) is 0 Å². The van der Waals surface area contributed by atoms with E-state index in [0.29, 0.717) is 10.2 Å². The molecular weight excluding hydrogens is 406 g/mol. The first-order valence-corrected chi connectivity index (χ1v) is 11.1. The molecule has 0 aliphatic carbocycles. The largest absolute Gasteiger partial charge is 0.350 e. The second-order valence-electron chi connectivity index (χ2n) is 6.83. The molecule has 1 amide bonds. The summed E-state index contributed by atoms with van der Waals surface area (Å²) in [4.78, 5) is 18.1. The molecule has 2 N–H and O–H groups in total. The monoisotopic (exact) mass is 425 g/mol. The quantitative estimate of drug-likeness (QED) is 0.786. The number of carbonyl (C=O) groups is 1. The Morgan fingerprint density at radius 2 is 1.92 bits per heavy atom. The molecule has 0 radical (unpaired) electrons. The molecule has 2 fully saturated rings. The van der Waals surface area contributed by atoms with Gasteiger partial charge in [-0.15, -0.1) is 0 Å². The number of carbonyl (C=O) groups excluding carboxylic acids is 1. The van der Waals surface area contributed by atoms with Crippen LogP contribution in [0.1, 0.15) is 23.3 Å². The number of H-pyrrole nitrogens is 1. The van der Waals surface area contributed by atoms with Crippen molar-refractivity contribution in [2.45, 2.75) is 24.9 Å². The Morgan fingerprint density at radius 1 is 1.20 bits per heavy atom. The highest BCUT2D eigenvalue weighted by atomic mass is 79.9. The molecule has 0 spiro atoms. The highest BCUT2D eigenvalue weighted by Crippen LogP contribution is 2.28. The third kappa shape index (κ3) is 3.22. The second kappa shape index (κ2) is 6.41. The van der Waals surface area contributed by atoms with Gasteiger partial charge in [-0.3, -0.25) is 9.69 Å². The molecule has 2 aliphatic rings. The third-order valence-corrected chi connectivity index (χ3v) is 7.66. The van der Waals surface area contributed by atoms with Crippen LogP contribution in [0, 0.1) is 0 Å². The fourth-order valence-electron chi connectivity index (χ4n) is 3.90. The summed E-state index contributed by atoms with van der Waals surface area (Å²) in [5.74, 6) is -0.127. The summed E-state index contributed by atoms with van der Waals surface area (Å²) >= 11 is 3.48. The van der Waals surface area contributed by atoms with E-state index in [4.69, 9.17) is 0 Å².